The summed E-state index contributed by atoms with van der Waals surface area (Å²) in [5, 5.41) is 9.12. The van der Waals surface area contributed by atoms with Crippen LogP contribution < -0.4 is 4.74 Å². The topological polar surface area (TPSA) is 38.7 Å². The van der Waals surface area contributed by atoms with E-state index in [1.54, 1.807) is 7.11 Å². The number of hydrogen-bond donors (Lipinski definition) is 1. The fraction of sp³-hybridized carbons (Fsp3) is 0.571. The Morgan fingerprint density at radius 1 is 1.29 bits per heavy atom. The second-order valence-corrected chi connectivity index (χ2v) is 4.52. The Balaban J connectivity index is 2.01. The van der Waals surface area contributed by atoms with E-state index in [4.69, 9.17) is 14.6 Å². The molecule has 1 saturated carbocycles. The third kappa shape index (κ3) is 3.20. The maximum atomic E-state index is 9.12. The molecule has 0 saturated heterocycles. The van der Waals surface area contributed by atoms with Crippen molar-refractivity contribution in [3.05, 3.63) is 29.3 Å². The van der Waals surface area contributed by atoms with Gasteiger partial charge in [-0.1, -0.05) is 18.9 Å². The molecule has 1 aliphatic carbocycles. The van der Waals surface area contributed by atoms with Gasteiger partial charge < -0.3 is 14.6 Å². The van der Waals surface area contributed by atoms with Crippen LogP contribution in [0.3, 0.4) is 0 Å². The molecule has 0 unspecified atom stereocenters. The summed E-state index contributed by atoms with van der Waals surface area (Å²) in [5.74, 6) is 0.834. The Kier molecular flexibility index (Phi) is 4.40. The van der Waals surface area contributed by atoms with Crippen molar-refractivity contribution in [1.82, 2.24) is 0 Å². The molecule has 0 bridgehead atoms. The fourth-order valence-electron chi connectivity index (χ4n) is 2.31. The number of hydrogen-bond acceptors (Lipinski definition) is 3. The van der Waals surface area contributed by atoms with Gasteiger partial charge in [-0.2, -0.15) is 0 Å². The standard InChI is InChI=1S/C14H20O3/c1-16-14-7-6-11(9-15)8-12(14)10-17-13-4-2-3-5-13/h6-8,13,15H,2-5,9-10H2,1H3. The highest BCUT2D eigenvalue weighted by Gasteiger charge is 2.16. The zero-order chi connectivity index (χ0) is 12.1. The number of ether oxygens (including phenoxy) is 2. The van der Waals surface area contributed by atoms with Gasteiger partial charge in [0.25, 0.3) is 0 Å². The lowest BCUT2D eigenvalue weighted by Gasteiger charge is -2.14. The maximum Gasteiger partial charge on any atom is 0.124 e. The quantitative estimate of drug-likeness (QED) is 0.854. The van der Waals surface area contributed by atoms with E-state index in [-0.39, 0.29) is 6.61 Å². The number of aliphatic hydroxyl groups is 1. The molecule has 0 radical (unpaired) electrons. The van der Waals surface area contributed by atoms with Crippen LogP contribution in [0.5, 0.6) is 5.75 Å². The molecule has 0 aromatic heterocycles. The second-order valence-electron chi connectivity index (χ2n) is 4.52. The van der Waals surface area contributed by atoms with Gasteiger partial charge in [0.1, 0.15) is 5.75 Å². The second kappa shape index (κ2) is 6.03. The predicted molar refractivity (Wildman–Crippen MR) is 66.0 cm³/mol. The minimum atomic E-state index is 0.0560. The van der Waals surface area contributed by atoms with Crippen molar-refractivity contribution in [1.29, 1.82) is 0 Å². The van der Waals surface area contributed by atoms with E-state index < -0.39 is 0 Å². The number of aliphatic hydroxyl groups excluding tert-OH is 1. The first-order chi connectivity index (χ1) is 8.33. The summed E-state index contributed by atoms with van der Waals surface area (Å²) in [5.41, 5.74) is 1.92. The minimum Gasteiger partial charge on any atom is -0.496 e. The van der Waals surface area contributed by atoms with Gasteiger partial charge in [0.05, 0.1) is 26.4 Å². The molecular formula is C14H20O3. The predicted octanol–water partition coefficient (Wildman–Crippen LogP) is 2.65. The molecule has 3 nitrogen and oxygen atoms in total. The van der Waals surface area contributed by atoms with Crippen molar-refractivity contribution in [3.8, 4) is 5.75 Å². The van der Waals surface area contributed by atoms with E-state index in [1.807, 2.05) is 18.2 Å². The zero-order valence-electron chi connectivity index (χ0n) is 10.3. The minimum absolute atomic E-state index is 0.0560. The highest BCUT2D eigenvalue weighted by Crippen LogP contribution is 2.25. The number of benzene rings is 1. The molecule has 2 rings (SSSR count). The Hall–Kier alpha value is -1.06. The van der Waals surface area contributed by atoms with Gasteiger partial charge in [0, 0.05) is 5.56 Å². The first kappa shape index (κ1) is 12.4. The van der Waals surface area contributed by atoms with Crippen molar-refractivity contribution in [2.24, 2.45) is 0 Å². The van der Waals surface area contributed by atoms with Crippen LogP contribution >= 0.6 is 0 Å². The maximum absolute atomic E-state index is 9.12. The molecule has 1 aliphatic rings. The van der Waals surface area contributed by atoms with Crippen LogP contribution in [-0.2, 0) is 18.0 Å². The molecule has 0 amide bonds. The van der Waals surface area contributed by atoms with Gasteiger partial charge in [-0.15, -0.1) is 0 Å². The Labute approximate surface area is 102 Å². The molecule has 3 heteroatoms. The Morgan fingerprint density at radius 3 is 2.71 bits per heavy atom. The summed E-state index contributed by atoms with van der Waals surface area (Å²) in [7, 11) is 1.66. The smallest absolute Gasteiger partial charge is 0.124 e. The lowest BCUT2D eigenvalue weighted by molar-refractivity contribution is 0.0445. The molecule has 0 atom stereocenters. The normalized spacial score (nSPS) is 16.4. The molecule has 17 heavy (non-hydrogen) atoms. The SMILES string of the molecule is COc1ccc(CO)cc1COC1CCCC1. The van der Waals surface area contributed by atoms with Crippen LogP contribution in [0.2, 0.25) is 0 Å². The highest BCUT2D eigenvalue weighted by molar-refractivity contribution is 5.36. The summed E-state index contributed by atoms with van der Waals surface area (Å²) in [6, 6.07) is 5.71. The zero-order valence-corrected chi connectivity index (χ0v) is 10.3. The first-order valence-electron chi connectivity index (χ1n) is 6.21. The largest absolute Gasteiger partial charge is 0.496 e. The molecule has 1 N–H and O–H groups in total. The van der Waals surface area contributed by atoms with Gasteiger partial charge in [0.2, 0.25) is 0 Å². The average Bonchev–Trinajstić information content (AvgIpc) is 2.89. The monoisotopic (exact) mass is 236 g/mol. The van der Waals surface area contributed by atoms with Crippen LogP contribution in [0.1, 0.15) is 36.8 Å². The molecule has 94 valence electrons. The van der Waals surface area contributed by atoms with Gasteiger partial charge >= 0.3 is 0 Å². The molecule has 1 aromatic rings. The third-order valence-corrected chi connectivity index (χ3v) is 3.30. The van der Waals surface area contributed by atoms with Crippen LogP contribution in [0.15, 0.2) is 18.2 Å². The van der Waals surface area contributed by atoms with Gasteiger partial charge in [-0.25, -0.2) is 0 Å². The average molecular weight is 236 g/mol. The van der Waals surface area contributed by atoms with Crippen LogP contribution in [0.25, 0.3) is 0 Å². The van der Waals surface area contributed by atoms with Gasteiger partial charge in [-0.05, 0) is 30.5 Å². The Morgan fingerprint density at radius 2 is 2.06 bits per heavy atom. The van der Waals surface area contributed by atoms with Crippen LogP contribution in [0.4, 0.5) is 0 Å². The summed E-state index contributed by atoms with van der Waals surface area (Å²) in [6.45, 7) is 0.627. The fourth-order valence-corrected chi connectivity index (χ4v) is 2.31. The van der Waals surface area contributed by atoms with Crippen molar-refractivity contribution in [3.63, 3.8) is 0 Å². The van der Waals surface area contributed by atoms with E-state index in [2.05, 4.69) is 0 Å². The van der Waals surface area contributed by atoms with Gasteiger partial charge in [-0.3, -0.25) is 0 Å². The number of methoxy groups -OCH3 is 1. The van der Waals surface area contributed by atoms with Crippen LogP contribution in [-0.4, -0.2) is 18.3 Å². The molecule has 1 aromatic carbocycles. The van der Waals surface area contributed by atoms with Crippen molar-refractivity contribution in [2.75, 3.05) is 7.11 Å². The van der Waals surface area contributed by atoms with Crippen molar-refractivity contribution < 1.29 is 14.6 Å². The molecular weight excluding hydrogens is 216 g/mol. The van der Waals surface area contributed by atoms with Crippen LogP contribution in [0, 0.1) is 0 Å². The Bertz CT molecular complexity index is 356. The lowest BCUT2D eigenvalue weighted by atomic mass is 10.1. The van der Waals surface area contributed by atoms with E-state index >= 15 is 0 Å². The van der Waals surface area contributed by atoms with E-state index in [0.29, 0.717) is 12.7 Å². The molecule has 0 aliphatic heterocycles. The van der Waals surface area contributed by atoms with Gasteiger partial charge in [0.15, 0.2) is 0 Å². The number of rotatable bonds is 5. The van der Waals surface area contributed by atoms with E-state index in [0.717, 1.165) is 16.9 Å². The summed E-state index contributed by atoms with van der Waals surface area (Å²) >= 11 is 0. The van der Waals surface area contributed by atoms with E-state index in [1.165, 1.54) is 25.7 Å². The molecule has 0 heterocycles. The lowest BCUT2D eigenvalue weighted by Crippen LogP contribution is -2.08. The van der Waals surface area contributed by atoms with Crippen molar-refractivity contribution >= 4 is 0 Å². The third-order valence-electron chi connectivity index (χ3n) is 3.30. The highest BCUT2D eigenvalue weighted by atomic mass is 16.5. The summed E-state index contributed by atoms with van der Waals surface area (Å²) in [6.07, 6.45) is 5.29. The summed E-state index contributed by atoms with van der Waals surface area (Å²) in [4.78, 5) is 0. The molecule has 0 spiro atoms. The van der Waals surface area contributed by atoms with Crippen molar-refractivity contribution in [2.45, 2.75) is 45.0 Å². The van der Waals surface area contributed by atoms with E-state index in [9.17, 15) is 0 Å². The molecule has 1 fully saturated rings. The summed E-state index contributed by atoms with van der Waals surface area (Å²) < 4.78 is 11.2. The first-order valence-corrected chi connectivity index (χ1v) is 6.21.